The zero-order valence-electron chi connectivity index (χ0n) is 14.8. The molecule has 25 heavy (non-hydrogen) atoms. The first kappa shape index (κ1) is 19.2. The Morgan fingerprint density at radius 1 is 1.00 bits per heavy atom. The summed E-state index contributed by atoms with van der Waals surface area (Å²) < 4.78 is 0. The number of piperidine rings is 1. The second-order valence-corrected chi connectivity index (χ2v) is 6.49. The molecule has 1 saturated heterocycles. The Morgan fingerprint density at radius 2 is 1.48 bits per heavy atom. The standard InChI is InChI=1S/C19H23NO.C2H4O2/c21-19(18-9-5-2-6-10-18)12-15-20(16-13-19)14-11-17-7-3-1-4-8-17;1-2(3)4/h1-10,21H,11-16H2;1H3,(H,3,4). The van der Waals surface area contributed by atoms with Crippen LogP contribution in [0.15, 0.2) is 60.7 Å². The van der Waals surface area contributed by atoms with Crippen molar-refractivity contribution in [3.05, 3.63) is 71.8 Å². The van der Waals surface area contributed by atoms with Crippen LogP contribution in [0.5, 0.6) is 0 Å². The summed E-state index contributed by atoms with van der Waals surface area (Å²) in [6, 6.07) is 20.7. The summed E-state index contributed by atoms with van der Waals surface area (Å²) >= 11 is 0. The molecule has 2 aromatic rings. The zero-order valence-corrected chi connectivity index (χ0v) is 14.8. The summed E-state index contributed by atoms with van der Waals surface area (Å²) in [4.78, 5) is 11.5. The molecular weight excluding hydrogens is 314 g/mol. The van der Waals surface area contributed by atoms with E-state index in [1.807, 2.05) is 30.3 Å². The zero-order chi connectivity index (χ0) is 18.1. The fourth-order valence-electron chi connectivity index (χ4n) is 3.12. The molecule has 0 radical (unpaired) electrons. The Hall–Kier alpha value is -2.17. The van der Waals surface area contributed by atoms with Crippen molar-refractivity contribution >= 4 is 5.97 Å². The van der Waals surface area contributed by atoms with Crippen LogP contribution >= 0.6 is 0 Å². The van der Waals surface area contributed by atoms with Gasteiger partial charge in [0.25, 0.3) is 5.97 Å². The molecule has 0 saturated carbocycles. The van der Waals surface area contributed by atoms with Crippen LogP contribution in [0.1, 0.15) is 30.9 Å². The summed E-state index contributed by atoms with van der Waals surface area (Å²) in [5.74, 6) is -0.833. The lowest BCUT2D eigenvalue weighted by molar-refractivity contribution is -0.134. The number of benzene rings is 2. The molecule has 1 fully saturated rings. The van der Waals surface area contributed by atoms with Gasteiger partial charge in [0, 0.05) is 26.6 Å². The minimum absolute atomic E-state index is 0.634. The van der Waals surface area contributed by atoms with Gasteiger partial charge >= 0.3 is 0 Å². The highest BCUT2D eigenvalue weighted by Crippen LogP contribution is 2.32. The molecule has 1 aliphatic rings. The van der Waals surface area contributed by atoms with Gasteiger partial charge < -0.3 is 15.1 Å². The predicted octanol–water partition coefficient (Wildman–Crippen LogP) is 3.30. The predicted molar refractivity (Wildman–Crippen MR) is 99.5 cm³/mol. The SMILES string of the molecule is CC(=O)O.OC1(c2ccccc2)CCN(CCc2ccccc2)CC1. The highest BCUT2D eigenvalue weighted by atomic mass is 16.4. The fourth-order valence-corrected chi connectivity index (χ4v) is 3.12. The first-order valence-corrected chi connectivity index (χ1v) is 8.73. The number of rotatable bonds is 4. The third-order valence-electron chi connectivity index (χ3n) is 4.55. The Balaban J connectivity index is 0.000000511. The highest BCUT2D eigenvalue weighted by molar-refractivity contribution is 5.62. The monoisotopic (exact) mass is 341 g/mol. The minimum Gasteiger partial charge on any atom is -0.481 e. The molecule has 134 valence electrons. The summed E-state index contributed by atoms with van der Waals surface area (Å²) in [6.45, 7) is 4.10. The third kappa shape index (κ3) is 6.33. The number of hydrogen-bond acceptors (Lipinski definition) is 3. The molecule has 1 heterocycles. The second-order valence-electron chi connectivity index (χ2n) is 6.49. The summed E-state index contributed by atoms with van der Waals surface area (Å²) in [7, 11) is 0. The quantitative estimate of drug-likeness (QED) is 0.896. The minimum atomic E-state index is -0.833. The number of carboxylic acids is 1. The van der Waals surface area contributed by atoms with E-state index in [9.17, 15) is 5.11 Å². The van der Waals surface area contributed by atoms with Crippen LogP contribution in [0, 0.1) is 0 Å². The van der Waals surface area contributed by atoms with Crippen molar-refractivity contribution < 1.29 is 15.0 Å². The van der Waals surface area contributed by atoms with Crippen molar-refractivity contribution in [1.29, 1.82) is 0 Å². The van der Waals surface area contributed by atoms with E-state index in [4.69, 9.17) is 9.90 Å². The Morgan fingerprint density at radius 3 is 2.00 bits per heavy atom. The van der Waals surface area contributed by atoms with Crippen LogP contribution in [-0.2, 0) is 16.8 Å². The van der Waals surface area contributed by atoms with E-state index in [0.29, 0.717) is 0 Å². The maximum atomic E-state index is 10.8. The van der Waals surface area contributed by atoms with Crippen molar-refractivity contribution in [2.24, 2.45) is 0 Å². The number of likely N-dealkylation sites (tertiary alicyclic amines) is 1. The van der Waals surface area contributed by atoms with Crippen LogP contribution in [0.3, 0.4) is 0 Å². The maximum Gasteiger partial charge on any atom is 0.300 e. The van der Waals surface area contributed by atoms with Crippen LogP contribution < -0.4 is 0 Å². The van der Waals surface area contributed by atoms with Gasteiger partial charge in [-0.25, -0.2) is 0 Å². The average Bonchev–Trinajstić information content (AvgIpc) is 2.62. The molecule has 0 amide bonds. The van der Waals surface area contributed by atoms with E-state index in [1.54, 1.807) is 0 Å². The molecule has 3 rings (SSSR count). The molecule has 4 heteroatoms. The Kier molecular flexibility index (Phi) is 7.16. The summed E-state index contributed by atoms with van der Waals surface area (Å²) in [6.07, 6.45) is 2.74. The Labute approximate surface area is 149 Å². The maximum absolute atomic E-state index is 10.8. The molecular formula is C21H27NO3. The average molecular weight is 341 g/mol. The van der Waals surface area contributed by atoms with Crippen molar-refractivity contribution in [2.75, 3.05) is 19.6 Å². The molecule has 0 unspecified atom stereocenters. The van der Waals surface area contributed by atoms with Crippen LogP contribution in [-0.4, -0.2) is 40.7 Å². The van der Waals surface area contributed by atoms with Gasteiger partial charge in [-0.3, -0.25) is 4.79 Å². The van der Waals surface area contributed by atoms with Gasteiger partial charge in [-0.2, -0.15) is 0 Å². The molecule has 1 aliphatic heterocycles. The molecule has 0 atom stereocenters. The molecule has 0 aromatic heterocycles. The fraction of sp³-hybridized carbons (Fsp3) is 0.381. The van der Waals surface area contributed by atoms with E-state index >= 15 is 0 Å². The number of hydrogen-bond donors (Lipinski definition) is 2. The lowest BCUT2D eigenvalue weighted by Gasteiger charge is -2.38. The lowest BCUT2D eigenvalue weighted by Crippen LogP contribution is -2.43. The normalized spacial score (nSPS) is 16.6. The molecule has 0 bridgehead atoms. The van der Waals surface area contributed by atoms with Gasteiger partial charge in [-0.15, -0.1) is 0 Å². The summed E-state index contributed by atoms with van der Waals surface area (Å²) in [5, 5.41) is 18.2. The summed E-state index contributed by atoms with van der Waals surface area (Å²) in [5.41, 5.74) is 1.82. The second kappa shape index (κ2) is 9.35. The molecule has 4 nitrogen and oxygen atoms in total. The van der Waals surface area contributed by atoms with Gasteiger partial charge in [-0.1, -0.05) is 60.7 Å². The van der Waals surface area contributed by atoms with Crippen molar-refractivity contribution in [3.8, 4) is 0 Å². The number of carboxylic acid groups (broad SMARTS) is 1. The molecule has 0 aliphatic carbocycles. The topological polar surface area (TPSA) is 60.8 Å². The third-order valence-corrected chi connectivity index (χ3v) is 4.55. The lowest BCUT2D eigenvalue weighted by atomic mass is 9.84. The van der Waals surface area contributed by atoms with Gasteiger partial charge in [0.05, 0.1) is 5.60 Å². The van der Waals surface area contributed by atoms with Gasteiger partial charge in [0.15, 0.2) is 0 Å². The Bertz CT molecular complexity index is 631. The first-order valence-electron chi connectivity index (χ1n) is 8.73. The van der Waals surface area contributed by atoms with E-state index < -0.39 is 11.6 Å². The van der Waals surface area contributed by atoms with E-state index in [-0.39, 0.29) is 0 Å². The van der Waals surface area contributed by atoms with Crippen molar-refractivity contribution in [3.63, 3.8) is 0 Å². The van der Waals surface area contributed by atoms with Crippen LogP contribution in [0.4, 0.5) is 0 Å². The van der Waals surface area contributed by atoms with Gasteiger partial charge in [-0.05, 0) is 30.4 Å². The first-order chi connectivity index (χ1) is 12.0. The van der Waals surface area contributed by atoms with Crippen LogP contribution in [0.25, 0.3) is 0 Å². The number of carbonyl (C=O) groups is 1. The van der Waals surface area contributed by atoms with Crippen molar-refractivity contribution in [1.82, 2.24) is 4.90 Å². The number of nitrogens with zero attached hydrogens (tertiary/aromatic N) is 1. The van der Waals surface area contributed by atoms with Crippen molar-refractivity contribution in [2.45, 2.75) is 31.8 Å². The van der Waals surface area contributed by atoms with E-state index in [1.165, 1.54) is 5.56 Å². The number of aliphatic carboxylic acids is 1. The molecule has 0 spiro atoms. The van der Waals surface area contributed by atoms with Gasteiger partial charge in [0.2, 0.25) is 0 Å². The van der Waals surface area contributed by atoms with Crippen LogP contribution in [0.2, 0.25) is 0 Å². The largest absolute Gasteiger partial charge is 0.481 e. The van der Waals surface area contributed by atoms with E-state index in [2.05, 4.69) is 35.2 Å². The molecule has 2 aromatic carbocycles. The van der Waals surface area contributed by atoms with E-state index in [0.717, 1.165) is 51.4 Å². The highest BCUT2D eigenvalue weighted by Gasteiger charge is 2.33. The van der Waals surface area contributed by atoms with Gasteiger partial charge in [0.1, 0.15) is 0 Å². The molecule has 2 N–H and O–H groups in total. The number of aliphatic hydroxyl groups is 1. The smallest absolute Gasteiger partial charge is 0.300 e.